The molecule has 0 bridgehead atoms. The first kappa shape index (κ1) is 14.9. The molecule has 22 heavy (non-hydrogen) atoms. The number of aromatic nitrogens is 3. The summed E-state index contributed by atoms with van der Waals surface area (Å²) in [5, 5.41) is 1.23. The summed E-state index contributed by atoms with van der Waals surface area (Å²) >= 11 is 6.20. The van der Waals surface area contributed by atoms with Gasteiger partial charge in [0.15, 0.2) is 4.77 Å². The molecule has 0 aliphatic heterocycles. The van der Waals surface area contributed by atoms with Crippen LogP contribution in [-0.4, -0.2) is 14.5 Å². The number of nitrogens with zero attached hydrogens (tertiary/aromatic N) is 2. The Morgan fingerprint density at radius 1 is 1.41 bits per heavy atom. The maximum atomic E-state index is 13.3. The lowest BCUT2D eigenvalue weighted by Gasteiger charge is -2.13. The van der Waals surface area contributed by atoms with Crippen molar-refractivity contribution in [1.82, 2.24) is 14.5 Å². The van der Waals surface area contributed by atoms with E-state index in [1.807, 2.05) is 0 Å². The molecule has 0 saturated heterocycles. The smallest absolute Gasteiger partial charge is 0.306 e. The Morgan fingerprint density at radius 2 is 2.14 bits per heavy atom. The maximum Gasteiger partial charge on any atom is 0.417 e. The van der Waals surface area contributed by atoms with Gasteiger partial charge in [-0.1, -0.05) is 6.07 Å². The van der Waals surface area contributed by atoms with E-state index in [4.69, 9.17) is 12.2 Å². The van der Waals surface area contributed by atoms with Crippen molar-refractivity contribution in [1.29, 1.82) is 0 Å². The summed E-state index contributed by atoms with van der Waals surface area (Å²) in [5.41, 5.74) is -1.85. The number of rotatable bonds is 1. The summed E-state index contributed by atoms with van der Waals surface area (Å²) in [7, 11) is 1.46. The van der Waals surface area contributed by atoms with Crippen molar-refractivity contribution in [2.45, 2.75) is 6.18 Å². The van der Waals surface area contributed by atoms with E-state index in [0.717, 1.165) is 6.07 Å². The highest BCUT2D eigenvalue weighted by Gasteiger charge is 2.35. The molecule has 0 atom stereocenters. The number of halogens is 3. The van der Waals surface area contributed by atoms with Crippen LogP contribution in [0, 0.1) is 4.77 Å². The molecule has 9 heteroatoms. The number of alkyl halides is 3. The first-order valence-corrected chi connectivity index (χ1v) is 7.33. The monoisotopic (exact) mass is 343 g/mol. The molecule has 0 aliphatic carbocycles. The van der Waals surface area contributed by atoms with Gasteiger partial charge in [-0.25, -0.2) is 4.98 Å². The van der Waals surface area contributed by atoms with Crippen LogP contribution in [0.5, 0.6) is 0 Å². The molecule has 0 unspecified atom stereocenters. The average Bonchev–Trinajstić information content (AvgIpc) is 2.96. The van der Waals surface area contributed by atoms with E-state index in [9.17, 15) is 18.0 Å². The van der Waals surface area contributed by atoms with E-state index in [-0.39, 0.29) is 16.1 Å². The standard InChI is InChI=1S/C13H8F3N3OS2/c1-19-10-9(11(20)18-12(19)21)6(13(14,15)16)5-7(17-10)8-3-2-4-22-8/h2-5H,1H3,(H,18,20,21). The molecule has 3 rings (SSSR count). The second kappa shape index (κ2) is 5.03. The fourth-order valence-corrected chi connectivity index (χ4v) is 2.98. The molecule has 3 aromatic heterocycles. The molecule has 3 heterocycles. The number of H-pyrrole nitrogens is 1. The fourth-order valence-electron chi connectivity index (χ4n) is 2.11. The summed E-state index contributed by atoms with van der Waals surface area (Å²) in [6, 6.07) is 4.28. The van der Waals surface area contributed by atoms with E-state index in [2.05, 4.69) is 9.97 Å². The summed E-state index contributed by atoms with van der Waals surface area (Å²) in [6.07, 6.45) is -4.67. The third-order valence-corrected chi connectivity index (χ3v) is 4.42. The van der Waals surface area contributed by atoms with Crippen LogP contribution in [0.15, 0.2) is 28.4 Å². The van der Waals surface area contributed by atoms with Crippen LogP contribution in [0.4, 0.5) is 13.2 Å². The highest BCUT2D eigenvalue weighted by Crippen LogP contribution is 2.36. The number of aromatic amines is 1. The molecule has 4 nitrogen and oxygen atoms in total. The Kier molecular flexibility index (Phi) is 3.41. The number of pyridine rings is 1. The highest BCUT2D eigenvalue weighted by molar-refractivity contribution is 7.71. The molecule has 0 radical (unpaired) electrons. The van der Waals surface area contributed by atoms with Crippen LogP contribution in [0.3, 0.4) is 0 Å². The van der Waals surface area contributed by atoms with E-state index < -0.39 is 22.7 Å². The van der Waals surface area contributed by atoms with Gasteiger partial charge in [-0.3, -0.25) is 9.78 Å². The van der Waals surface area contributed by atoms with Crippen LogP contribution in [0.25, 0.3) is 21.6 Å². The van der Waals surface area contributed by atoms with Crippen molar-refractivity contribution in [3.63, 3.8) is 0 Å². The Balaban J connectivity index is 2.53. The zero-order valence-corrected chi connectivity index (χ0v) is 12.7. The number of fused-ring (bicyclic) bond motifs is 1. The van der Waals surface area contributed by atoms with Crippen LogP contribution in [-0.2, 0) is 13.2 Å². The quantitative estimate of drug-likeness (QED) is 0.685. The van der Waals surface area contributed by atoms with Crippen LogP contribution >= 0.6 is 23.6 Å². The predicted molar refractivity (Wildman–Crippen MR) is 80.5 cm³/mol. The van der Waals surface area contributed by atoms with Gasteiger partial charge in [-0.15, -0.1) is 11.3 Å². The van der Waals surface area contributed by atoms with E-state index >= 15 is 0 Å². The number of hydrogen-bond acceptors (Lipinski definition) is 4. The molecule has 0 fully saturated rings. The van der Waals surface area contributed by atoms with Gasteiger partial charge in [0.05, 0.1) is 21.5 Å². The molecule has 1 N–H and O–H groups in total. The fraction of sp³-hybridized carbons (Fsp3) is 0.154. The summed E-state index contributed by atoms with van der Waals surface area (Å²) < 4.78 is 41.3. The van der Waals surface area contributed by atoms with Crippen LogP contribution < -0.4 is 5.56 Å². The number of aryl methyl sites for hydroxylation is 1. The summed E-state index contributed by atoms with van der Waals surface area (Å²) in [6.45, 7) is 0. The van der Waals surface area contributed by atoms with Crippen molar-refractivity contribution in [3.8, 4) is 10.6 Å². The lowest BCUT2D eigenvalue weighted by atomic mass is 10.1. The van der Waals surface area contributed by atoms with Crippen molar-refractivity contribution in [2.75, 3.05) is 0 Å². The second-order valence-corrected chi connectivity index (χ2v) is 5.88. The summed E-state index contributed by atoms with van der Waals surface area (Å²) in [5.74, 6) is 0. The highest BCUT2D eigenvalue weighted by atomic mass is 32.1. The minimum Gasteiger partial charge on any atom is -0.306 e. The first-order valence-electron chi connectivity index (χ1n) is 6.04. The van der Waals surface area contributed by atoms with Gasteiger partial charge in [-0.2, -0.15) is 13.2 Å². The normalized spacial score (nSPS) is 12.0. The van der Waals surface area contributed by atoms with Crippen molar-refractivity contribution in [3.05, 3.63) is 44.3 Å². The third kappa shape index (κ3) is 2.35. The summed E-state index contributed by atoms with van der Waals surface area (Å²) in [4.78, 5) is 19.0. The van der Waals surface area contributed by atoms with E-state index in [1.165, 1.54) is 23.0 Å². The lowest BCUT2D eigenvalue weighted by Crippen LogP contribution is -2.19. The minimum atomic E-state index is -4.67. The van der Waals surface area contributed by atoms with Crippen molar-refractivity contribution in [2.24, 2.45) is 7.05 Å². The van der Waals surface area contributed by atoms with Gasteiger partial charge in [0, 0.05) is 7.05 Å². The average molecular weight is 343 g/mol. The molecule has 0 spiro atoms. The number of hydrogen-bond donors (Lipinski definition) is 1. The number of thiophene rings is 1. The molecule has 114 valence electrons. The van der Waals surface area contributed by atoms with E-state index in [1.54, 1.807) is 17.5 Å². The van der Waals surface area contributed by atoms with Crippen LogP contribution in [0.2, 0.25) is 0 Å². The topological polar surface area (TPSA) is 50.7 Å². The van der Waals surface area contributed by atoms with E-state index in [0.29, 0.717) is 4.88 Å². The molecule has 0 aromatic carbocycles. The minimum absolute atomic E-state index is 0.0152. The van der Waals surface area contributed by atoms with Gasteiger partial charge in [-0.05, 0) is 29.7 Å². The van der Waals surface area contributed by atoms with Gasteiger partial charge in [0.1, 0.15) is 5.65 Å². The molecule has 0 amide bonds. The lowest BCUT2D eigenvalue weighted by molar-refractivity contribution is -0.136. The Morgan fingerprint density at radius 3 is 2.73 bits per heavy atom. The maximum absolute atomic E-state index is 13.3. The van der Waals surface area contributed by atoms with Crippen molar-refractivity contribution < 1.29 is 13.2 Å². The molecular formula is C13H8F3N3OS2. The Hall–Kier alpha value is -2.00. The molecule has 3 aromatic rings. The predicted octanol–water partition coefficient (Wildman–Crippen LogP) is 3.74. The Bertz CT molecular complexity index is 971. The SMILES string of the molecule is Cn1c(=S)[nH]c(=O)c2c(C(F)(F)F)cc(-c3cccs3)nc21. The van der Waals surface area contributed by atoms with Gasteiger partial charge >= 0.3 is 6.18 Å². The molecule has 0 aliphatic rings. The van der Waals surface area contributed by atoms with Crippen LogP contribution in [0.1, 0.15) is 5.56 Å². The molecule has 0 saturated carbocycles. The number of nitrogens with one attached hydrogen (secondary N) is 1. The largest absolute Gasteiger partial charge is 0.417 e. The van der Waals surface area contributed by atoms with Crippen molar-refractivity contribution >= 4 is 34.6 Å². The zero-order chi connectivity index (χ0) is 16.1. The van der Waals surface area contributed by atoms with Gasteiger partial charge in [0.25, 0.3) is 5.56 Å². The second-order valence-electron chi connectivity index (χ2n) is 4.55. The molecular weight excluding hydrogens is 335 g/mol. The first-order chi connectivity index (χ1) is 10.3. The Labute approximate surface area is 130 Å². The van der Waals surface area contributed by atoms with Gasteiger partial charge in [0.2, 0.25) is 0 Å². The zero-order valence-electron chi connectivity index (χ0n) is 11.1. The van der Waals surface area contributed by atoms with Gasteiger partial charge < -0.3 is 4.57 Å². The third-order valence-electron chi connectivity index (χ3n) is 3.15.